The number of para-hydroxylation sites is 1. The van der Waals surface area contributed by atoms with Gasteiger partial charge in [-0.3, -0.25) is 9.48 Å². The number of aromatic amines is 1. The summed E-state index contributed by atoms with van der Waals surface area (Å²) in [4.78, 5) is 34.6. The van der Waals surface area contributed by atoms with Crippen molar-refractivity contribution in [1.29, 1.82) is 0 Å². The number of rotatable bonds is 5. The molecule has 4 rings (SSSR count). The number of carbonyl (C=O) groups excluding carboxylic acids is 1. The van der Waals surface area contributed by atoms with Crippen molar-refractivity contribution >= 4 is 22.8 Å². The van der Waals surface area contributed by atoms with E-state index in [-0.39, 0.29) is 11.6 Å². The Morgan fingerprint density at radius 1 is 1.18 bits per heavy atom. The van der Waals surface area contributed by atoms with Crippen molar-refractivity contribution < 1.29 is 4.79 Å². The van der Waals surface area contributed by atoms with Crippen LogP contribution in [0, 0.1) is 0 Å². The first-order chi connectivity index (χ1) is 13.7. The molecule has 2 aromatic heterocycles. The van der Waals surface area contributed by atoms with Crippen LogP contribution in [0.1, 0.15) is 6.42 Å². The normalized spacial score (nSPS) is 14.4. The lowest BCUT2D eigenvalue weighted by atomic mass is 10.2. The van der Waals surface area contributed by atoms with Crippen LogP contribution in [0.25, 0.3) is 10.9 Å². The molecular weight excluding hydrogens is 358 g/mol. The SMILES string of the molecule is O=C(NCCCn1ncc2ccccc21)N1CCN(c2ncc[nH]c2=O)CC1. The van der Waals surface area contributed by atoms with Crippen LogP contribution in [0.2, 0.25) is 0 Å². The Bertz CT molecular complexity index is 1000. The molecular formula is C19H23N7O2. The largest absolute Gasteiger partial charge is 0.348 e. The number of amides is 2. The second-order valence-corrected chi connectivity index (χ2v) is 6.73. The highest BCUT2D eigenvalue weighted by atomic mass is 16.2. The monoisotopic (exact) mass is 381 g/mol. The molecule has 28 heavy (non-hydrogen) atoms. The zero-order valence-corrected chi connectivity index (χ0v) is 15.5. The topological polar surface area (TPSA) is 99.2 Å². The van der Waals surface area contributed by atoms with Crippen LogP contribution in [0.3, 0.4) is 0 Å². The Morgan fingerprint density at radius 3 is 2.82 bits per heavy atom. The van der Waals surface area contributed by atoms with Gasteiger partial charge in [0.1, 0.15) is 0 Å². The third-order valence-electron chi connectivity index (χ3n) is 4.93. The third kappa shape index (κ3) is 3.83. The van der Waals surface area contributed by atoms with Gasteiger partial charge < -0.3 is 20.1 Å². The van der Waals surface area contributed by atoms with E-state index < -0.39 is 0 Å². The second kappa shape index (κ2) is 8.12. The molecule has 1 fully saturated rings. The summed E-state index contributed by atoms with van der Waals surface area (Å²) in [6, 6.07) is 8.02. The van der Waals surface area contributed by atoms with Crippen LogP contribution in [-0.4, -0.2) is 63.4 Å². The first-order valence-corrected chi connectivity index (χ1v) is 9.44. The average Bonchev–Trinajstić information content (AvgIpc) is 3.15. The molecule has 0 atom stereocenters. The number of hydrogen-bond acceptors (Lipinski definition) is 5. The number of anilines is 1. The van der Waals surface area contributed by atoms with Crippen molar-refractivity contribution in [2.75, 3.05) is 37.6 Å². The van der Waals surface area contributed by atoms with E-state index in [0.717, 1.165) is 23.9 Å². The van der Waals surface area contributed by atoms with E-state index in [1.54, 1.807) is 11.1 Å². The molecule has 0 aliphatic carbocycles. The Labute approximate surface area is 162 Å². The highest BCUT2D eigenvalue weighted by Crippen LogP contribution is 2.12. The molecule has 9 heteroatoms. The third-order valence-corrected chi connectivity index (χ3v) is 4.93. The van der Waals surface area contributed by atoms with Gasteiger partial charge >= 0.3 is 6.03 Å². The average molecular weight is 381 g/mol. The van der Waals surface area contributed by atoms with Gasteiger partial charge in [-0.1, -0.05) is 18.2 Å². The molecule has 3 aromatic rings. The maximum absolute atomic E-state index is 12.4. The molecule has 1 saturated heterocycles. The van der Waals surface area contributed by atoms with Gasteiger partial charge in [0.25, 0.3) is 5.56 Å². The van der Waals surface area contributed by atoms with Crippen molar-refractivity contribution in [2.24, 2.45) is 0 Å². The zero-order chi connectivity index (χ0) is 19.3. The van der Waals surface area contributed by atoms with Gasteiger partial charge in [-0.2, -0.15) is 5.10 Å². The Kier molecular flexibility index (Phi) is 5.22. The lowest BCUT2D eigenvalue weighted by Crippen LogP contribution is -2.53. The van der Waals surface area contributed by atoms with Crippen LogP contribution in [0.4, 0.5) is 10.6 Å². The summed E-state index contributed by atoms with van der Waals surface area (Å²) in [5.41, 5.74) is 0.904. The van der Waals surface area contributed by atoms with Gasteiger partial charge in [0.15, 0.2) is 5.82 Å². The first-order valence-electron chi connectivity index (χ1n) is 9.44. The number of carbonyl (C=O) groups is 1. The van der Waals surface area contributed by atoms with E-state index in [1.807, 2.05) is 40.0 Å². The van der Waals surface area contributed by atoms with Crippen LogP contribution < -0.4 is 15.8 Å². The van der Waals surface area contributed by atoms with Crippen LogP contribution in [0.5, 0.6) is 0 Å². The minimum Gasteiger partial charge on any atom is -0.348 e. The van der Waals surface area contributed by atoms with Crippen LogP contribution in [0.15, 0.2) is 47.7 Å². The smallest absolute Gasteiger partial charge is 0.317 e. The number of nitrogens with zero attached hydrogens (tertiary/aromatic N) is 5. The molecule has 9 nitrogen and oxygen atoms in total. The molecule has 1 aliphatic heterocycles. The van der Waals surface area contributed by atoms with Gasteiger partial charge in [0.05, 0.1) is 11.7 Å². The molecule has 2 amide bonds. The first kappa shape index (κ1) is 18.0. The van der Waals surface area contributed by atoms with Crippen LogP contribution >= 0.6 is 0 Å². The summed E-state index contributed by atoms with van der Waals surface area (Å²) >= 11 is 0. The number of aryl methyl sites for hydroxylation is 1. The van der Waals surface area contributed by atoms with Crippen molar-refractivity contribution in [3.8, 4) is 0 Å². The number of piperazine rings is 1. The van der Waals surface area contributed by atoms with E-state index in [0.29, 0.717) is 38.5 Å². The second-order valence-electron chi connectivity index (χ2n) is 6.73. The fourth-order valence-electron chi connectivity index (χ4n) is 3.43. The molecule has 2 N–H and O–H groups in total. The number of benzene rings is 1. The number of hydrogen-bond donors (Lipinski definition) is 2. The molecule has 1 aromatic carbocycles. The summed E-state index contributed by atoms with van der Waals surface area (Å²) in [5.74, 6) is 0.411. The van der Waals surface area contributed by atoms with Gasteiger partial charge in [0.2, 0.25) is 0 Å². The zero-order valence-electron chi connectivity index (χ0n) is 15.5. The quantitative estimate of drug-likeness (QED) is 0.644. The molecule has 0 radical (unpaired) electrons. The molecule has 0 unspecified atom stereocenters. The standard InChI is InChI=1S/C19H23N7O2/c27-18-17(20-7-8-21-18)24-10-12-25(13-11-24)19(28)22-6-3-9-26-16-5-2-1-4-15(16)14-23-26/h1-2,4-5,7-8,14H,3,6,9-13H2,(H,21,27)(H,22,28). The summed E-state index contributed by atoms with van der Waals surface area (Å²) in [7, 11) is 0. The Hall–Kier alpha value is -3.36. The fraction of sp³-hybridized carbons (Fsp3) is 0.368. The van der Waals surface area contributed by atoms with Gasteiger partial charge in [0, 0.05) is 57.0 Å². The van der Waals surface area contributed by atoms with Gasteiger partial charge in [-0.15, -0.1) is 0 Å². The Balaban J connectivity index is 1.22. The maximum atomic E-state index is 12.4. The van der Waals surface area contributed by atoms with Gasteiger partial charge in [-0.05, 0) is 12.5 Å². The van der Waals surface area contributed by atoms with E-state index in [9.17, 15) is 9.59 Å². The van der Waals surface area contributed by atoms with Crippen molar-refractivity contribution in [3.05, 3.63) is 53.2 Å². The molecule has 1 aliphatic rings. The van der Waals surface area contributed by atoms with Crippen molar-refractivity contribution in [1.82, 2.24) is 30.0 Å². The highest BCUT2D eigenvalue weighted by molar-refractivity contribution is 5.78. The predicted octanol–water partition coefficient (Wildman–Crippen LogP) is 1.04. The van der Waals surface area contributed by atoms with Crippen molar-refractivity contribution in [2.45, 2.75) is 13.0 Å². The van der Waals surface area contributed by atoms with Gasteiger partial charge in [-0.25, -0.2) is 9.78 Å². The fourth-order valence-corrected chi connectivity index (χ4v) is 3.43. The summed E-state index contributed by atoms with van der Waals surface area (Å²) in [6.45, 7) is 3.65. The number of nitrogens with one attached hydrogen (secondary N) is 2. The number of H-pyrrole nitrogens is 1. The number of fused-ring (bicyclic) bond motifs is 1. The summed E-state index contributed by atoms with van der Waals surface area (Å²) < 4.78 is 1.96. The molecule has 0 bridgehead atoms. The van der Waals surface area contributed by atoms with E-state index in [4.69, 9.17) is 0 Å². The number of urea groups is 1. The lowest BCUT2D eigenvalue weighted by Gasteiger charge is -2.34. The van der Waals surface area contributed by atoms with Crippen LogP contribution in [-0.2, 0) is 6.54 Å². The molecule has 3 heterocycles. The number of aromatic nitrogens is 4. The minimum atomic E-state index is -0.202. The summed E-state index contributed by atoms with van der Waals surface area (Å²) in [6.07, 6.45) is 5.75. The van der Waals surface area contributed by atoms with Crippen molar-refractivity contribution in [3.63, 3.8) is 0 Å². The Morgan fingerprint density at radius 2 is 2.00 bits per heavy atom. The predicted molar refractivity (Wildman–Crippen MR) is 106 cm³/mol. The minimum absolute atomic E-state index is 0.0695. The summed E-state index contributed by atoms with van der Waals surface area (Å²) in [5, 5.41) is 8.49. The molecule has 146 valence electrons. The molecule has 0 spiro atoms. The van der Waals surface area contributed by atoms with E-state index >= 15 is 0 Å². The lowest BCUT2D eigenvalue weighted by molar-refractivity contribution is 0.194. The van der Waals surface area contributed by atoms with E-state index in [2.05, 4.69) is 20.4 Å². The molecule has 0 saturated carbocycles. The van der Waals surface area contributed by atoms with E-state index in [1.165, 1.54) is 6.20 Å². The maximum Gasteiger partial charge on any atom is 0.317 e. The highest BCUT2D eigenvalue weighted by Gasteiger charge is 2.22.